The lowest BCUT2D eigenvalue weighted by Gasteiger charge is -2.17. The summed E-state index contributed by atoms with van der Waals surface area (Å²) in [5.41, 5.74) is 0.449. The molecule has 0 atom stereocenters. The van der Waals surface area contributed by atoms with Gasteiger partial charge in [0.05, 0.1) is 11.3 Å². The van der Waals surface area contributed by atoms with Crippen LogP contribution in [0.2, 0.25) is 0 Å². The molecule has 0 unspecified atom stereocenters. The zero-order valence-corrected chi connectivity index (χ0v) is 12.7. The van der Waals surface area contributed by atoms with Gasteiger partial charge in [0.1, 0.15) is 0 Å². The van der Waals surface area contributed by atoms with Crippen molar-refractivity contribution in [2.45, 2.75) is 52.2 Å². The predicted molar refractivity (Wildman–Crippen MR) is 78.3 cm³/mol. The summed E-state index contributed by atoms with van der Waals surface area (Å²) in [7, 11) is 0. The molecular weight excluding hydrogens is 258 g/mol. The van der Waals surface area contributed by atoms with Gasteiger partial charge in [0, 0.05) is 24.3 Å². The average molecular weight is 279 g/mol. The normalized spacial score (nSPS) is 12.3. The summed E-state index contributed by atoms with van der Waals surface area (Å²) in [6.45, 7) is 8.67. The van der Waals surface area contributed by atoms with Crippen LogP contribution < -0.4 is 0 Å². The summed E-state index contributed by atoms with van der Waals surface area (Å²) in [4.78, 5) is 9.02. The minimum atomic E-state index is -0.659. The molecule has 0 fully saturated rings. The highest BCUT2D eigenvalue weighted by molar-refractivity contribution is 7.13. The fourth-order valence-electron chi connectivity index (χ4n) is 1.74. The molecule has 2 aromatic heterocycles. The van der Waals surface area contributed by atoms with E-state index in [2.05, 4.69) is 33.8 Å². The number of rotatable bonds is 5. The summed E-state index contributed by atoms with van der Waals surface area (Å²) in [6.07, 6.45) is 4.42. The molecular formula is C14H21N3OS. The lowest BCUT2D eigenvalue weighted by Crippen LogP contribution is -2.21. The van der Waals surface area contributed by atoms with Gasteiger partial charge in [-0.2, -0.15) is 0 Å². The Bertz CT molecular complexity index is 537. The van der Waals surface area contributed by atoms with Crippen molar-refractivity contribution in [1.29, 1.82) is 0 Å². The molecule has 0 radical (unpaired) electrons. The molecule has 0 amide bonds. The van der Waals surface area contributed by atoms with Gasteiger partial charge in [0.25, 0.3) is 0 Å². The maximum atomic E-state index is 9.81. The maximum Gasteiger partial charge on any atom is 0.169 e. The Kier molecular flexibility index (Phi) is 4.06. The molecule has 1 N–H and O–H groups in total. The number of nitrogens with zero attached hydrogens (tertiary/aromatic N) is 3. The van der Waals surface area contributed by atoms with E-state index in [-0.39, 0.29) is 0 Å². The van der Waals surface area contributed by atoms with Crippen LogP contribution in [0.15, 0.2) is 17.8 Å². The third kappa shape index (κ3) is 3.64. The van der Waals surface area contributed by atoms with Crippen molar-refractivity contribution in [2.75, 3.05) is 0 Å². The molecule has 0 spiro atoms. The Morgan fingerprint density at radius 3 is 2.74 bits per heavy atom. The van der Waals surface area contributed by atoms with Gasteiger partial charge in [-0.1, -0.05) is 13.8 Å². The van der Waals surface area contributed by atoms with Gasteiger partial charge >= 0.3 is 0 Å². The highest BCUT2D eigenvalue weighted by atomic mass is 32.1. The molecule has 2 heterocycles. The summed E-state index contributed by atoms with van der Waals surface area (Å²) in [5.74, 6) is 1.32. The van der Waals surface area contributed by atoms with Gasteiger partial charge in [0.15, 0.2) is 10.8 Å². The molecule has 0 saturated carbocycles. The Morgan fingerprint density at radius 1 is 1.42 bits per heavy atom. The topological polar surface area (TPSA) is 50.9 Å². The lowest BCUT2D eigenvalue weighted by molar-refractivity contribution is 0.0663. The van der Waals surface area contributed by atoms with E-state index in [1.54, 1.807) is 17.5 Å². The van der Waals surface area contributed by atoms with Crippen LogP contribution in [-0.2, 0) is 6.54 Å². The summed E-state index contributed by atoms with van der Waals surface area (Å²) in [5, 5.41) is 12.8. The van der Waals surface area contributed by atoms with Gasteiger partial charge in [-0.15, -0.1) is 11.3 Å². The SMILES string of the molecule is CC(C)c1csc(-c2nccn2CCC(C)(C)O)n1. The van der Waals surface area contributed by atoms with Crippen molar-refractivity contribution in [3.63, 3.8) is 0 Å². The van der Waals surface area contributed by atoms with Crippen LogP contribution >= 0.6 is 11.3 Å². The average Bonchev–Trinajstić information content (AvgIpc) is 2.93. The zero-order chi connectivity index (χ0) is 14.0. The summed E-state index contributed by atoms with van der Waals surface area (Å²) >= 11 is 1.63. The minimum absolute atomic E-state index is 0.435. The Hall–Kier alpha value is -1.20. The fraction of sp³-hybridized carbons (Fsp3) is 0.571. The number of aliphatic hydroxyl groups is 1. The molecule has 19 heavy (non-hydrogen) atoms. The first-order valence-corrected chi connectivity index (χ1v) is 7.44. The van der Waals surface area contributed by atoms with Crippen LogP contribution in [0.25, 0.3) is 10.8 Å². The third-order valence-corrected chi connectivity index (χ3v) is 3.84. The second-order valence-corrected chi connectivity index (χ2v) is 6.60. The first-order valence-electron chi connectivity index (χ1n) is 6.56. The number of hydrogen-bond acceptors (Lipinski definition) is 4. The van der Waals surface area contributed by atoms with Crippen molar-refractivity contribution >= 4 is 11.3 Å². The number of thiazole rings is 1. The van der Waals surface area contributed by atoms with Gasteiger partial charge < -0.3 is 9.67 Å². The highest BCUT2D eigenvalue weighted by Gasteiger charge is 2.16. The van der Waals surface area contributed by atoms with Gasteiger partial charge in [0.2, 0.25) is 0 Å². The zero-order valence-electron chi connectivity index (χ0n) is 11.9. The van der Waals surface area contributed by atoms with E-state index in [9.17, 15) is 5.11 Å². The highest BCUT2D eigenvalue weighted by Crippen LogP contribution is 2.26. The maximum absolute atomic E-state index is 9.81. The Balaban J connectivity index is 2.18. The van der Waals surface area contributed by atoms with Crippen molar-refractivity contribution < 1.29 is 5.11 Å². The van der Waals surface area contributed by atoms with Crippen LogP contribution in [0.5, 0.6) is 0 Å². The second kappa shape index (κ2) is 5.43. The summed E-state index contributed by atoms with van der Waals surface area (Å²) in [6, 6.07) is 0. The molecule has 0 aliphatic rings. The minimum Gasteiger partial charge on any atom is -0.390 e. The van der Waals surface area contributed by atoms with Crippen molar-refractivity contribution in [2.24, 2.45) is 0 Å². The molecule has 0 aliphatic carbocycles. The van der Waals surface area contributed by atoms with Crippen molar-refractivity contribution in [3.8, 4) is 10.8 Å². The molecule has 5 heteroatoms. The molecule has 0 aliphatic heterocycles. The van der Waals surface area contributed by atoms with E-state index in [4.69, 9.17) is 0 Å². The van der Waals surface area contributed by atoms with Gasteiger partial charge in [-0.25, -0.2) is 9.97 Å². The summed E-state index contributed by atoms with van der Waals surface area (Å²) < 4.78 is 2.06. The standard InChI is InChI=1S/C14H21N3OS/c1-10(2)11-9-19-13(16-11)12-15-6-8-17(12)7-5-14(3,4)18/h6,8-10,18H,5,7H2,1-4H3. The molecule has 2 aromatic rings. The van der Waals surface area contributed by atoms with Crippen LogP contribution in [0.4, 0.5) is 0 Å². The van der Waals surface area contributed by atoms with Crippen molar-refractivity contribution in [3.05, 3.63) is 23.5 Å². The molecule has 2 rings (SSSR count). The molecule has 0 aromatic carbocycles. The van der Waals surface area contributed by atoms with E-state index in [1.165, 1.54) is 0 Å². The van der Waals surface area contributed by atoms with Crippen LogP contribution in [0, 0.1) is 0 Å². The quantitative estimate of drug-likeness (QED) is 0.913. The van der Waals surface area contributed by atoms with E-state index in [0.29, 0.717) is 12.3 Å². The number of hydrogen-bond donors (Lipinski definition) is 1. The molecule has 104 valence electrons. The number of aryl methyl sites for hydroxylation is 1. The van der Waals surface area contributed by atoms with Crippen LogP contribution in [0.3, 0.4) is 0 Å². The smallest absolute Gasteiger partial charge is 0.169 e. The first kappa shape index (κ1) is 14.2. The van der Waals surface area contributed by atoms with Crippen LogP contribution in [-0.4, -0.2) is 25.2 Å². The number of aromatic nitrogens is 3. The van der Waals surface area contributed by atoms with E-state index >= 15 is 0 Å². The molecule has 0 saturated heterocycles. The van der Waals surface area contributed by atoms with Crippen LogP contribution in [0.1, 0.15) is 45.7 Å². The molecule has 0 bridgehead atoms. The van der Waals surface area contributed by atoms with E-state index < -0.39 is 5.60 Å². The van der Waals surface area contributed by atoms with E-state index in [0.717, 1.165) is 23.1 Å². The third-order valence-electron chi connectivity index (χ3n) is 2.98. The first-order chi connectivity index (χ1) is 8.87. The molecule has 4 nitrogen and oxygen atoms in total. The fourth-order valence-corrected chi connectivity index (χ4v) is 2.73. The largest absolute Gasteiger partial charge is 0.390 e. The van der Waals surface area contributed by atoms with Gasteiger partial charge in [-0.05, 0) is 26.2 Å². The Morgan fingerprint density at radius 2 is 2.16 bits per heavy atom. The van der Waals surface area contributed by atoms with Crippen molar-refractivity contribution in [1.82, 2.24) is 14.5 Å². The monoisotopic (exact) mass is 279 g/mol. The lowest BCUT2D eigenvalue weighted by atomic mass is 10.1. The van der Waals surface area contributed by atoms with E-state index in [1.807, 2.05) is 20.0 Å². The predicted octanol–water partition coefficient (Wildman–Crippen LogP) is 3.29. The second-order valence-electron chi connectivity index (χ2n) is 5.74. The number of imidazole rings is 1. The van der Waals surface area contributed by atoms with Gasteiger partial charge in [-0.3, -0.25) is 0 Å². The Labute approximate surface area is 118 Å².